The molecular formula is C16H23FN2O2. The highest BCUT2D eigenvalue weighted by molar-refractivity contribution is 5.82. The van der Waals surface area contributed by atoms with Gasteiger partial charge in [0.05, 0.1) is 23.7 Å². The predicted octanol–water partition coefficient (Wildman–Crippen LogP) is 1.98. The normalized spacial score (nSPS) is 24.2. The fourth-order valence-electron chi connectivity index (χ4n) is 3.09. The average Bonchev–Trinajstić information content (AvgIpc) is 2.82. The lowest BCUT2D eigenvalue weighted by Crippen LogP contribution is -2.52. The van der Waals surface area contributed by atoms with Crippen molar-refractivity contribution in [3.8, 4) is 0 Å². The molecule has 0 radical (unpaired) electrons. The van der Waals surface area contributed by atoms with Crippen LogP contribution in [0.3, 0.4) is 0 Å². The minimum atomic E-state index is -1.02. The van der Waals surface area contributed by atoms with Crippen molar-refractivity contribution in [2.24, 2.45) is 5.73 Å². The molecule has 1 saturated heterocycles. The van der Waals surface area contributed by atoms with Gasteiger partial charge < -0.3 is 15.7 Å². The number of carbonyl (C=O) groups is 1. The molecule has 2 rings (SSSR count). The van der Waals surface area contributed by atoms with Crippen molar-refractivity contribution in [1.82, 2.24) is 4.90 Å². The Kier molecular flexibility index (Phi) is 4.35. The first kappa shape index (κ1) is 15.9. The molecule has 5 heteroatoms. The summed E-state index contributed by atoms with van der Waals surface area (Å²) < 4.78 is 13.5. The molecule has 0 aliphatic carbocycles. The fourth-order valence-corrected chi connectivity index (χ4v) is 3.09. The zero-order valence-electron chi connectivity index (χ0n) is 12.7. The van der Waals surface area contributed by atoms with E-state index in [2.05, 4.69) is 0 Å². The topological polar surface area (TPSA) is 66.6 Å². The molecule has 0 saturated carbocycles. The van der Waals surface area contributed by atoms with E-state index < -0.39 is 11.6 Å². The summed E-state index contributed by atoms with van der Waals surface area (Å²) in [6.07, 6.45) is 1.36. The molecule has 1 aliphatic heterocycles. The molecule has 1 amide bonds. The lowest BCUT2D eigenvalue weighted by molar-refractivity contribution is -0.140. The van der Waals surface area contributed by atoms with Gasteiger partial charge in [0.2, 0.25) is 5.91 Å². The Morgan fingerprint density at radius 3 is 2.67 bits per heavy atom. The highest BCUT2D eigenvalue weighted by atomic mass is 19.1. The second-order valence-electron chi connectivity index (χ2n) is 6.35. The Bertz CT molecular complexity index is 525. The van der Waals surface area contributed by atoms with Crippen LogP contribution in [-0.2, 0) is 4.79 Å². The summed E-state index contributed by atoms with van der Waals surface area (Å²) in [5, 5.41) is 10.3. The summed E-state index contributed by atoms with van der Waals surface area (Å²) >= 11 is 0. The second-order valence-corrected chi connectivity index (χ2v) is 6.35. The lowest BCUT2D eigenvalue weighted by Gasteiger charge is -2.38. The number of nitrogens with zero attached hydrogens (tertiary/aromatic N) is 1. The van der Waals surface area contributed by atoms with Crippen LogP contribution in [0.2, 0.25) is 0 Å². The minimum Gasteiger partial charge on any atom is -0.388 e. The van der Waals surface area contributed by atoms with E-state index in [1.807, 2.05) is 6.07 Å². The second kappa shape index (κ2) is 5.73. The van der Waals surface area contributed by atoms with Gasteiger partial charge in [0.25, 0.3) is 0 Å². The molecule has 3 N–H and O–H groups in total. The number of rotatable bonds is 3. The zero-order chi connectivity index (χ0) is 15.8. The Morgan fingerprint density at radius 2 is 2.14 bits per heavy atom. The van der Waals surface area contributed by atoms with Gasteiger partial charge in [-0.2, -0.15) is 0 Å². The van der Waals surface area contributed by atoms with E-state index in [0.717, 1.165) is 5.56 Å². The Hall–Kier alpha value is -1.46. The molecule has 0 unspecified atom stereocenters. The third-order valence-electron chi connectivity index (χ3n) is 4.08. The highest BCUT2D eigenvalue weighted by Crippen LogP contribution is 2.40. The van der Waals surface area contributed by atoms with Gasteiger partial charge in [-0.1, -0.05) is 12.1 Å². The maximum Gasteiger partial charge on any atom is 0.240 e. The molecule has 1 fully saturated rings. The van der Waals surface area contributed by atoms with Crippen LogP contribution in [0.1, 0.15) is 45.2 Å². The number of carbonyl (C=O) groups excluding carboxylic acids is 1. The van der Waals surface area contributed by atoms with Crippen LogP contribution >= 0.6 is 0 Å². The first-order valence-corrected chi connectivity index (χ1v) is 7.27. The van der Waals surface area contributed by atoms with E-state index in [0.29, 0.717) is 12.8 Å². The summed E-state index contributed by atoms with van der Waals surface area (Å²) in [5.74, 6) is -0.540. The summed E-state index contributed by atoms with van der Waals surface area (Å²) in [6.45, 7) is 5.00. The Morgan fingerprint density at radius 1 is 1.48 bits per heavy atom. The van der Waals surface area contributed by atoms with Crippen LogP contribution in [0.4, 0.5) is 4.39 Å². The lowest BCUT2D eigenvalue weighted by atomic mass is 9.96. The van der Waals surface area contributed by atoms with Crippen molar-refractivity contribution in [2.45, 2.75) is 57.3 Å². The molecule has 0 spiro atoms. The number of amides is 1. The molecule has 21 heavy (non-hydrogen) atoms. The largest absolute Gasteiger partial charge is 0.388 e. The van der Waals surface area contributed by atoms with Gasteiger partial charge in [0, 0.05) is 0 Å². The molecule has 1 aliphatic rings. The molecule has 0 aromatic heterocycles. The summed E-state index contributed by atoms with van der Waals surface area (Å²) in [4.78, 5) is 14.1. The predicted molar refractivity (Wildman–Crippen MR) is 79.0 cm³/mol. The summed E-state index contributed by atoms with van der Waals surface area (Å²) in [6, 6.07) is 5.06. The van der Waals surface area contributed by atoms with E-state index in [-0.39, 0.29) is 23.8 Å². The average molecular weight is 294 g/mol. The zero-order valence-corrected chi connectivity index (χ0v) is 12.7. The molecule has 0 bridgehead atoms. The van der Waals surface area contributed by atoms with Gasteiger partial charge in [0.15, 0.2) is 0 Å². The van der Waals surface area contributed by atoms with Crippen molar-refractivity contribution in [1.29, 1.82) is 0 Å². The van der Waals surface area contributed by atoms with Crippen molar-refractivity contribution >= 4 is 5.91 Å². The number of hydrogen-bond acceptors (Lipinski definition) is 3. The molecule has 3 atom stereocenters. The van der Waals surface area contributed by atoms with E-state index >= 15 is 0 Å². The maximum absolute atomic E-state index is 13.5. The van der Waals surface area contributed by atoms with E-state index in [1.165, 1.54) is 12.1 Å². The van der Waals surface area contributed by atoms with Gasteiger partial charge in [-0.3, -0.25) is 4.79 Å². The number of aliphatic hydroxyl groups is 1. The Balaban J connectivity index is 2.39. The fraction of sp³-hybridized carbons (Fsp3) is 0.562. The molecule has 1 heterocycles. The molecule has 116 valence electrons. The van der Waals surface area contributed by atoms with E-state index in [9.17, 15) is 14.3 Å². The number of halogens is 1. The monoisotopic (exact) mass is 294 g/mol. The van der Waals surface area contributed by atoms with Crippen LogP contribution in [-0.4, -0.2) is 33.6 Å². The first-order valence-electron chi connectivity index (χ1n) is 7.27. The first-order chi connectivity index (χ1) is 9.71. The van der Waals surface area contributed by atoms with E-state index in [1.54, 1.807) is 31.7 Å². The highest BCUT2D eigenvalue weighted by Gasteiger charge is 2.45. The van der Waals surface area contributed by atoms with Crippen LogP contribution < -0.4 is 5.73 Å². The van der Waals surface area contributed by atoms with Crippen molar-refractivity contribution < 1.29 is 14.3 Å². The van der Waals surface area contributed by atoms with Gasteiger partial charge in [0.1, 0.15) is 5.82 Å². The maximum atomic E-state index is 13.5. The standard InChI is InChI=1S/C16H23FN2O2/c1-10(18)15(20)19-13(7-8-14(19)16(2,3)21)11-5-4-6-12(17)9-11/h4-6,9-10,13-14,21H,7-8,18H2,1-3H3/t10-,13+,14-/m1/s1. The summed E-state index contributed by atoms with van der Waals surface area (Å²) in [7, 11) is 0. The summed E-state index contributed by atoms with van der Waals surface area (Å²) in [5.41, 5.74) is 5.47. The van der Waals surface area contributed by atoms with Crippen LogP contribution in [0.15, 0.2) is 24.3 Å². The van der Waals surface area contributed by atoms with Crippen molar-refractivity contribution in [3.05, 3.63) is 35.6 Å². The molecule has 1 aromatic carbocycles. The van der Waals surface area contributed by atoms with Crippen molar-refractivity contribution in [2.75, 3.05) is 0 Å². The minimum absolute atomic E-state index is 0.214. The number of nitrogens with two attached hydrogens (primary N) is 1. The third kappa shape index (κ3) is 3.24. The third-order valence-corrected chi connectivity index (χ3v) is 4.08. The number of benzene rings is 1. The van der Waals surface area contributed by atoms with Crippen LogP contribution in [0.25, 0.3) is 0 Å². The quantitative estimate of drug-likeness (QED) is 0.895. The molecule has 4 nitrogen and oxygen atoms in total. The van der Waals surface area contributed by atoms with Gasteiger partial charge in [-0.05, 0) is 51.3 Å². The smallest absolute Gasteiger partial charge is 0.240 e. The van der Waals surface area contributed by atoms with Gasteiger partial charge in [-0.15, -0.1) is 0 Å². The van der Waals surface area contributed by atoms with E-state index in [4.69, 9.17) is 5.73 Å². The Labute approximate surface area is 124 Å². The SMILES string of the molecule is C[C@@H](N)C(=O)N1[C@H](c2cccc(F)c2)CC[C@@H]1C(C)(C)O. The van der Waals surface area contributed by atoms with Crippen LogP contribution in [0, 0.1) is 5.82 Å². The van der Waals surface area contributed by atoms with Gasteiger partial charge >= 0.3 is 0 Å². The molecular weight excluding hydrogens is 271 g/mol. The van der Waals surface area contributed by atoms with Gasteiger partial charge in [-0.25, -0.2) is 4.39 Å². The number of hydrogen-bond donors (Lipinski definition) is 2. The number of likely N-dealkylation sites (tertiary alicyclic amines) is 1. The molecule has 1 aromatic rings. The van der Waals surface area contributed by atoms with Crippen LogP contribution in [0.5, 0.6) is 0 Å². The van der Waals surface area contributed by atoms with Crippen molar-refractivity contribution in [3.63, 3.8) is 0 Å².